The van der Waals surface area contributed by atoms with Crippen molar-refractivity contribution in [1.82, 2.24) is 0 Å². The van der Waals surface area contributed by atoms with E-state index in [4.69, 9.17) is 23.2 Å². The van der Waals surface area contributed by atoms with E-state index in [9.17, 15) is 0 Å². The minimum Gasteiger partial charge on any atom is -0.100 e. The van der Waals surface area contributed by atoms with Gasteiger partial charge in [-0.1, -0.05) is 38.1 Å². The quantitative estimate of drug-likeness (QED) is 0.660. The molecule has 0 atom stereocenters. The Balaban J connectivity index is 2.70. The molecule has 0 unspecified atom stereocenters. The van der Waals surface area contributed by atoms with Gasteiger partial charge in [0, 0.05) is 0 Å². The summed E-state index contributed by atoms with van der Waals surface area (Å²) in [5.41, 5.74) is 2.31. The van der Waals surface area contributed by atoms with Gasteiger partial charge >= 0.3 is 0 Å². The molecule has 0 fully saturated rings. The molecule has 0 aromatic heterocycles. The summed E-state index contributed by atoms with van der Waals surface area (Å²) in [4.78, 5) is -0.409. The second-order valence-corrected chi connectivity index (χ2v) is 4.74. The first-order valence-electron chi connectivity index (χ1n) is 4.46. The molecule has 0 saturated heterocycles. The largest absolute Gasteiger partial charge is 0.132 e. The van der Waals surface area contributed by atoms with E-state index in [2.05, 4.69) is 26.0 Å². The molecule has 0 bridgehead atoms. The van der Waals surface area contributed by atoms with Crippen molar-refractivity contribution in [1.29, 1.82) is 0 Å². The van der Waals surface area contributed by atoms with Crippen molar-refractivity contribution >= 4 is 23.2 Å². The Morgan fingerprint density at radius 2 is 1.62 bits per heavy atom. The Morgan fingerprint density at radius 3 is 2.00 bits per heavy atom. The maximum absolute atomic E-state index is 5.73. The van der Waals surface area contributed by atoms with Gasteiger partial charge in [0.05, 0.1) is 0 Å². The highest BCUT2D eigenvalue weighted by atomic mass is 35.5. The molecule has 0 saturated carbocycles. The molecule has 0 nitrogen and oxygen atoms in total. The lowest BCUT2D eigenvalue weighted by Crippen LogP contribution is -1.93. The normalized spacial score (nSPS) is 11.2. The van der Waals surface area contributed by atoms with Crippen molar-refractivity contribution in [2.45, 2.75) is 25.1 Å². The highest BCUT2D eigenvalue weighted by Crippen LogP contribution is 2.24. The van der Waals surface area contributed by atoms with Gasteiger partial charge in [-0.25, -0.2) is 0 Å². The third kappa shape index (κ3) is 3.58. The summed E-state index contributed by atoms with van der Waals surface area (Å²) in [6, 6.07) is 8.16. The molecule has 0 N–H and O–H groups in total. The standard InChI is InChI=1S/C11H14Cl2/c1-8(2)7-9-3-5-10(6-4-9)11(12)13/h3-6,8,11H,7H2,1-2H3. The molecule has 72 valence electrons. The van der Waals surface area contributed by atoms with Crippen LogP contribution in [-0.4, -0.2) is 0 Å². The number of halogens is 2. The molecule has 0 spiro atoms. The molecule has 0 aliphatic carbocycles. The molecule has 0 aliphatic rings. The van der Waals surface area contributed by atoms with Gasteiger partial charge < -0.3 is 0 Å². The number of alkyl halides is 2. The highest BCUT2D eigenvalue weighted by molar-refractivity contribution is 6.44. The maximum atomic E-state index is 5.73. The van der Waals surface area contributed by atoms with E-state index in [0.29, 0.717) is 5.92 Å². The van der Waals surface area contributed by atoms with Gasteiger partial charge in [0.15, 0.2) is 0 Å². The van der Waals surface area contributed by atoms with Gasteiger partial charge in [0.1, 0.15) is 4.84 Å². The van der Waals surface area contributed by atoms with Crippen molar-refractivity contribution in [3.05, 3.63) is 35.4 Å². The van der Waals surface area contributed by atoms with E-state index in [-0.39, 0.29) is 0 Å². The molecular weight excluding hydrogens is 203 g/mol. The molecule has 1 aromatic carbocycles. The summed E-state index contributed by atoms with van der Waals surface area (Å²) in [7, 11) is 0. The average molecular weight is 217 g/mol. The summed E-state index contributed by atoms with van der Waals surface area (Å²) in [5.74, 6) is 0.689. The summed E-state index contributed by atoms with van der Waals surface area (Å²) in [5, 5.41) is 0. The topological polar surface area (TPSA) is 0 Å². The Bertz CT molecular complexity index is 249. The van der Waals surface area contributed by atoms with Gasteiger partial charge in [-0.3, -0.25) is 0 Å². The van der Waals surface area contributed by atoms with E-state index in [1.807, 2.05) is 12.1 Å². The van der Waals surface area contributed by atoms with Crippen molar-refractivity contribution in [2.75, 3.05) is 0 Å². The fourth-order valence-corrected chi connectivity index (χ4v) is 1.56. The first kappa shape index (κ1) is 10.9. The molecule has 2 heteroatoms. The van der Waals surface area contributed by atoms with Crippen LogP contribution in [-0.2, 0) is 6.42 Å². The molecule has 1 rings (SSSR count). The van der Waals surface area contributed by atoms with Gasteiger partial charge in [-0.2, -0.15) is 0 Å². The molecule has 1 aromatic rings. The number of rotatable bonds is 3. The number of hydrogen-bond acceptors (Lipinski definition) is 0. The van der Waals surface area contributed by atoms with Gasteiger partial charge in [0.25, 0.3) is 0 Å². The number of hydrogen-bond donors (Lipinski definition) is 0. The van der Waals surface area contributed by atoms with E-state index >= 15 is 0 Å². The maximum Gasteiger partial charge on any atom is 0.132 e. The van der Waals surface area contributed by atoms with E-state index in [1.54, 1.807) is 0 Å². The van der Waals surface area contributed by atoms with E-state index in [1.165, 1.54) is 5.56 Å². The van der Waals surface area contributed by atoms with Crippen LogP contribution in [0.15, 0.2) is 24.3 Å². The fourth-order valence-electron chi connectivity index (χ4n) is 1.27. The Kier molecular flexibility index (Phi) is 4.08. The minimum absolute atomic E-state index is 0.409. The monoisotopic (exact) mass is 216 g/mol. The van der Waals surface area contributed by atoms with E-state index < -0.39 is 4.84 Å². The zero-order chi connectivity index (χ0) is 9.84. The van der Waals surface area contributed by atoms with Crippen molar-refractivity contribution in [3.63, 3.8) is 0 Å². The zero-order valence-electron chi connectivity index (χ0n) is 7.93. The third-order valence-electron chi connectivity index (χ3n) is 1.88. The van der Waals surface area contributed by atoms with Crippen molar-refractivity contribution in [2.24, 2.45) is 5.92 Å². The molecule has 0 heterocycles. The second kappa shape index (κ2) is 4.88. The van der Waals surface area contributed by atoms with Crippen LogP contribution in [0.1, 0.15) is 29.8 Å². The molecule has 0 aliphatic heterocycles. The smallest absolute Gasteiger partial charge is 0.100 e. The SMILES string of the molecule is CC(C)Cc1ccc(C(Cl)Cl)cc1. The summed E-state index contributed by atoms with van der Waals surface area (Å²) >= 11 is 11.5. The molecular formula is C11H14Cl2. The lowest BCUT2D eigenvalue weighted by atomic mass is 10.0. The van der Waals surface area contributed by atoms with Crippen LogP contribution in [0.5, 0.6) is 0 Å². The predicted octanol–water partition coefficient (Wildman–Crippen LogP) is 4.36. The van der Waals surface area contributed by atoms with Crippen LogP contribution < -0.4 is 0 Å². The van der Waals surface area contributed by atoms with Crippen molar-refractivity contribution in [3.8, 4) is 0 Å². The Hall–Kier alpha value is -0.200. The van der Waals surface area contributed by atoms with Crippen LogP contribution in [0, 0.1) is 5.92 Å². The lowest BCUT2D eigenvalue weighted by molar-refractivity contribution is 0.647. The van der Waals surface area contributed by atoms with E-state index in [0.717, 1.165) is 12.0 Å². The summed E-state index contributed by atoms with van der Waals surface area (Å²) < 4.78 is 0. The lowest BCUT2D eigenvalue weighted by Gasteiger charge is -2.06. The van der Waals surface area contributed by atoms with Crippen LogP contribution in [0.25, 0.3) is 0 Å². The summed E-state index contributed by atoms with van der Waals surface area (Å²) in [6.07, 6.45) is 1.11. The van der Waals surface area contributed by atoms with Crippen molar-refractivity contribution < 1.29 is 0 Å². The number of benzene rings is 1. The van der Waals surface area contributed by atoms with Crippen LogP contribution in [0.2, 0.25) is 0 Å². The molecule has 0 radical (unpaired) electrons. The fraction of sp³-hybridized carbons (Fsp3) is 0.455. The summed E-state index contributed by atoms with van der Waals surface area (Å²) in [6.45, 7) is 4.42. The van der Waals surface area contributed by atoms with Gasteiger partial charge in [-0.05, 0) is 23.5 Å². The predicted molar refractivity (Wildman–Crippen MR) is 59.4 cm³/mol. The zero-order valence-corrected chi connectivity index (χ0v) is 9.44. The Labute approximate surface area is 89.9 Å². The first-order valence-corrected chi connectivity index (χ1v) is 5.34. The minimum atomic E-state index is -0.409. The molecule has 0 amide bonds. The highest BCUT2D eigenvalue weighted by Gasteiger charge is 2.03. The second-order valence-electron chi connectivity index (χ2n) is 3.64. The van der Waals surface area contributed by atoms with Gasteiger partial charge in [0.2, 0.25) is 0 Å². The van der Waals surface area contributed by atoms with Crippen LogP contribution in [0.3, 0.4) is 0 Å². The van der Waals surface area contributed by atoms with Gasteiger partial charge in [-0.15, -0.1) is 23.2 Å². The Morgan fingerprint density at radius 1 is 1.08 bits per heavy atom. The van der Waals surface area contributed by atoms with Crippen LogP contribution in [0.4, 0.5) is 0 Å². The first-order chi connectivity index (χ1) is 6.09. The third-order valence-corrected chi connectivity index (χ3v) is 2.38. The molecule has 13 heavy (non-hydrogen) atoms. The average Bonchev–Trinajstić information content (AvgIpc) is 2.04. The van der Waals surface area contributed by atoms with Crippen LogP contribution >= 0.6 is 23.2 Å².